The summed E-state index contributed by atoms with van der Waals surface area (Å²) in [5, 5.41) is 17.5. The molecule has 0 heterocycles. The van der Waals surface area contributed by atoms with Gasteiger partial charge in [0, 0.05) is 16.9 Å². The second-order valence-electron chi connectivity index (χ2n) is 4.65. The number of anilines is 2. The van der Waals surface area contributed by atoms with Gasteiger partial charge in [0.2, 0.25) is 0 Å². The number of aryl methyl sites for hydroxylation is 2. The minimum Gasteiger partial charge on any atom is -0.478 e. The molecule has 21 heavy (non-hydrogen) atoms. The molecule has 0 aromatic heterocycles. The van der Waals surface area contributed by atoms with Crippen molar-refractivity contribution in [1.82, 2.24) is 0 Å². The third-order valence-corrected chi connectivity index (χ3v) is 3.12. The maximum atomic E-state index is 10.6. The molecular formula is C16H20N2O3. The van der Waals surface area contributed by atoms with Crippen LogP contribution in [-0.2, 0) is 6.61 Å². The molecule has 0 amide bonds. The Morgan fingerprint density at radius 1 is 1.00 bits per heavy atom. The zero-order valence-electron chi connectivity index (χ0n) is 12.1. The summed E-state index contributed by atoms with van der Waals surface area (Å²) in [5.74, 6) is -0.972. The lowest BCUT2D eigenvalue weighted by Gasteiger charge is -2.04. The van der Waals surface area contributed by atoms with Crippen molar-refractivity contribution in [2.75, 3.05) is 11.5 Å². The fourth-order valence-electron chi connectivity index (χ4n) is 1.92. The van der Waals surface area contributed by atoms with Crippen LogP contribution in [0.4, 0.5) is 11.4 Å². The van der Waals surface area contributed by atoms with Crippen molar-refractivity contribution in [3.05, 3.63) is 58.7 Å². The first-order valence-corrected chi connectivity index (χ1v) is 6.41. The predicted octanol–water partition coefficient (Wildman–Crippen LogP) is 2.34. The van der Waals surface area contributed by atoms with Crippen molar-refractivity contribution in [1.29, 1.82) is 0 Å². The van der Waals surface area contributed by atoms with Crippen LogP contribution < -0.4 is 11.5 Å². The molecule has 0 unspecified atom stereocenters. The Balaban J connectivity index is 0.000000211. The van der Waals surface area contributed by atoms with E-state index in [4.69, 9.17) is 21.7 Å². The van der Waals surface area contributed by atoms with Gasteiger partial charge in [-0.2, -0.15) is 0 Å². The molecular weight excluding hydrogens is 268 g/mol. The fourth-order valence-corrected chi connectivity index (χ4v) is 1.92. The maximum absolute atomic E-state index is 10.6. The van der Waals surface area contributed by atoms with Gasteiger partial charge >= 0.3 is 5.97 Å². The number of carbonyl (C=O) groups is 1. The van der Waals surface area contributed by atoms with Gasteiger partial charge in [0.25, 0.3) is 0 Å². The Kier molecular flexibility index (Phi) is 5.75. The normalized spacial score (nSPS) is 9.67. The number of aliphatic hydroxyl groups is 1. The number of benzene rings is 2. The van der Waals surface area contributed by atoms with E-state index < -0.39 is 5.97 Å². The molecule has 0 radical (unpaired) electrons. The molecule has 0 aliphatic carbocycles. The molecule has 0 saturated heterocycles. The minimum absolute atomic E-state index is 0.0263. The van der Waals surface area contributed by atoms with Gasteiger partial charge < -0.3 is 21.7 Å². The summed E-state index contributed by atoms with van der Waals surface area (Å²) in [6.07, 6.45) is 0. The van der Waals surface area contributed by atoms with Crippen LogP contribution in [0.2, 0.25) is 0 Å². The molecule has 0 aliphatic rings. The van der Waals surface area contributed by atoms with Crippen LogP contribution in [0.1, 0.15) is 27.0 Å². The molecule has 2 aromatic rings. The number of rotatable bonds is 2. The lowest BCUT2D eigenvalue weighted by atomic mass is 10.1. The molecule has 112 valence electrons. The smallest absolute Gasteiger partial charge is 0.338 e. The highest BCUT2D eigenvalue weighted by Crippen LogP contribution is 2.15. The van der Waals surface area contributed by atoms with Gasteiger partial charge in [-0.3, -0.25) is 0 Å². The van der Waals surface area contributed by atoms with E-state index in [1.807, 2.05) is 19.1 Å². The number of nitrogens with two attached hydrogens (primary N) is 2. The highest BCUT2D eigenvalue weighted by molar-refractivity contribution is 5.95. The fraction of sp³-hybridized carbons (Fsp3) is 0.188. The lowest BCUT2D eigenvalue weighted by Crippen LogP contribution is -2.04. The summed E-state index contributed by atoms with van der Waals surface area (Å²) >= 11 is 0. The van der Waals surface area contributed by atoms with Crippen molar-refractivity contribution in [2.24, 2.45) is 0 Å². The number of hydrogen-bond acceptors (Lipinski definition) is 4. The Morgan fingerprint density at radius 3 is 1.86 bits per heavy atom. The maximum Gasteiger partial charge on any atom is 0.338 e. The zero-order valence-corrected chi connectivity index (χ0v) is 12.1. The van der Waals surface area contributed by atoms with Crippen LogP contribution in [0.5, 0.6) is 0 Å². The molecule has 2 rings (SSSR count). The third-order valence-electron chi connectivity index (χ3n) is 3.12. The summed E-state index contributed by atoms with van der Waals surface area (Å²) in [7, 11) is 0. The molecule has 5 heteroatoms. The molecule has 0 fully saturated rings. The first-order chi connectivity index (χ1) is 9.88. The summed E-state index contributed by atoms with van der Waals surface area (Å²) < 4.78 is 0. The zero-order chi connectivity index (χ0) is 16.0. The van der Waals surface area contributed by atoms with Gasteiger partial charge in [0.15, 0.2) is 0 Å². The van der Waals surface area contributed by atoms with Crippen molar-refractivity contribution in [3.8, 4) is 0 Å². The van der Waals surface area contributed by atoms with Crippen LogP contribution in [-0.4, -0.2) is 16.2 Å². The third kappa shape index (κ3) is 4.22. The van der Waals surface area contributed by atoms with E-state index in [1.54, 1.807) is 31.2 Å². The first kappa shape index (κ1) is 16.5. The number of aliphatic hydroxyl groups excluding tert-OH is 1. The quantitative estimate of drug-likeness (QED) is 0.634. The molecule has 0 spiro atoms. The van der Waals surface area contributed by atoms with Gasteiger partial charge in [-0.05, 0) is 37.1 Å². The Hall–Kier alpha value is -2.53. The van der Waals surface area contributed by atoms with Crippen LogP contribution in [0.15, 0.2) is 36.4 Å². The van der Waals surface area contributed by atoms with E-state index in [-0.39, 0.29) is 12.2 Å². The molecule has 0 bridgehead atoms. The van der Waals surface area contributed by atoms with Gasteiger partial charge in [-0.25, -0.2) is 4.79 Å². The molecule has 0 aliphatic heterocycles. The van der Waals surface area contributed by atoms with E-state index in [0.717, 1.165) is 11.1 Å². The lowest BCUT2D eigenvalue weighted by molar-refractivity contribution is 0.0697. The van der Waals surface area contributed by atoms with Crippen LogP contribution >= 0.6 is 0 Å². The van der Waals surface area contributed by atoms with E-state index >= 15 is 0 Å². The summed E-state index contributed by atoms with van der Waals surface area (Å²) in [6, 6.07) is 10.6. The monoisotopic (exact) mass is 288 g/mol. The van der Waals surface area contributed by atoms with Crippen molar-refractivity contribution >= 4 is 17.3 Å². The molecule has 6 N–H and O–H groups in total. The average molecular weight is 288 g/mol. The minimum atomic E-state index is -0.972. The first-order valence-electron chi connectivity index (χ1n) is 6.41. The predicted molar refractivity (Wildman–Crippen MR) is 84.1 cm³/mol. The van der Waals surface area contributed by atoms with Crippen LogP contribution in [0.25, 0.3) is 0 Å². The number of aromatic carboxylic acids is 1. The van der Waals surface area contributed by atoms with Crippen molar-refractivity contribution in [3.63, 3.8) is 0 Å². The second-order valence-corrected chi connectivity index (χ2v) is 4.65. The molecule has 0 atom stereocenters. The summed E-state index contributed by atoms with van der Waals surface area (Å²) in [5.41, 5.74) is 14.8. The number of nitrogen functional groups attached to an aromatic ring is 2. The highest BCUT2D eigenvalue weighted by Gasteiger charge is 2.09. The molecule has 0 saturated carbocycles. The number of carboxylic acid groups (broad SMARTS) is 1. The van der Waals surface area contributed by atoms with Gasteiger partial charge in [-0.1, -0.05) is 24.3 Å². The van der Waals surface area contributed by atoms with E-state index in [1.165, 1.54) is 0 Å². The number of hydrogen-bond donors (Lipinski definition) is 4. The largest absolute Gasteiger partial charge is 0.478 e. The Bertz CT molecular complexity index is 599. The Labute approximate surface area is 123 Å². The average Bonchev–Trinajstić information content (AvgIpc) is 2.39. The highest BCUT2D eigenvalue weighted by atomic mass is 16.4. The van der Waals surface area contributed by atoms with E-state index in [2.05, 4.69) is 0 Å². The van der Waals surface area contributed by atoms with Crippen LogP contribution in [0, 0.1) is 13.8 Å². The molecule has 5 nitrogen and oxygen atoms in total. The summed E-state index contributed by atoms with van der Waals surface area (Å²) in [6.45, 7) is 3.68. The standard InChI is InChI=1S/C8H9NO2.C8H11NO/c1-5-3-2-4-6(9)7(5)8(10)11;1-6-3-2-4-8(9)7(6)5-10/h2-4H,9H2,1H3,(H,10,11);2-4,10H,5,9H2,1H3. The number of carboxylic acids is 1. The van der Waals surface area contributed by atoms with Crippen molar-refractivity contribution in [2.45, 2.75) is 20.5 Å². The van der Waals surface area contributed by atoms with Gasteiger partial charge in [0.05, 0.1) is 12.2 Å². The van der Waals surface area contributed by atoms with Crippen LogP contribution in [0.3, 0.4) is 0 Å². The Morgan fingerprint density at radius 2 is 1.52 bits per heavy atom. The SMILES string of the molecule is Cc1cccc(N)c1C(=O)O.Cc1cccc(N)c1CO. The second kappa shape index (κ2) is 7.31. The van der Waals surface area contributed by atoms with E-state index in [9.17, 15) is 4.79 Å². The van der Waals surface area contributed by atoms with E-state index in [0.29, 0.717) is 16.9 Å². The van der Waals surface area contributed by atoms with Gasteiger partial charge in [0.1, 0.15) is 0 Å². The van der Waals surface area contributed by atoms with Crippen molar-refractivity contribution < 1.29 is 15.0 Å². The molecule has 2 aromatic carbocycles. The summed E-state index contributed by atoms with van der Waals surface area (Å²) in [4.78, 5) is 10.6. The topological polar surface area (TPSA) is 110 Å². The van der Waals surface area contributed by atoms with Gasteiger partial charge in [-0.15, -0.1) is 0 Å².